The summed E-state index contributed by atoms with van der Waals surface area (Å²) in [4.78, 5) is 54.7. The number of nitrogens with zero attached hydrogens (tertiary/aromatic N) is 4. The van der Waals surface area contributed by atoms with E-state index in [0.717, 1.165) is 11.1 Å². The van der Waals surface area contributed by atoms with Crippen LogP contribution in [0.25, 0.3) is 0 Å². The number of amides is 4. The van der Waals surface area contributed by atoms with Crippen LogP contribution in [-0.2, 0) is 27.5 Å². The number of rotatable bonds is 8. The fourth-order valence-electron chi connectivity index (χ4n) is 5.25. The Morgan fingerprint density at radius 2 is 1.80 bits per heavy atom. The number of carboxylic acid groups (broad SMARTS) is 1. The van der Waals surface area contributed by atoms with Crippen molar-refractivity contribution in [1.29, 1.82) is 0 Å². The molecule has 0 radical (unpaired) electrons. The standard InChI is InChI=1S/C27H31N5O8/c1-29-15-24(33)31-20(8-10-25(34)35)26(36)30(13-18-5-9-21-22(11-18)40-16-39-21)14-23(31)32(29)27(37)28-12-17-3-6-19(38-2)7-4-17/h3-7,9,11,20,23H,8,10,12-16H2,1-2H3,(H,28,37)(H,34,35)/t20-,23-/m0/s1. The van der Waals surface area contributed by atoms with Crippen molar-refractivity contribution >= 4 is 23.8 Å². The summed E-state index contributed by atoms with van der Waals surface area (Å²) in [6.07, 6.45) is -1.20. The number of benzene rings is 2. The highest BCUT2D eigenvalue weighted by Crippen LogP contribution is 2.34. The summed E-state index contributed by atoms with van der Waals surface area (Å²) in [7, 11) is 3.21. The van der Waals surface area contributed by atoms with E-state index in [0.29, 0.717) is 17.2 Å². The zero-order chi connectivity index (χ0) is 28.4. The first kappa shape index (κ1) is 27.1. The van der Waals surface area contributed by atoms with E-state index in [1.807, 2.05) is 18.2 Å². The van der Waals surface area contributed by atoms with E-state index in [2.05, 4.69) is 5.32 Å². The topological polar surface area (TPSA) is 141 Å². The van der Waals surface area contributed by atoms with Crippen LogP contribution < -0.4 is 19.5 Å². The monoisotopic (exact) mass is 553 g/mol. The lowest BCUT2D eigenvalue weighted by molar-refractivity contribution is -0.188. The van der Waals surface area contributed by atoms with Crippen molar-refractivity contribution in [1.82, 2.24) is 25.1 Å². The maximum Gasteiger partial charge on any atom is 0.334 e. The first-order chi connectivity index (χ1) is 19.2. The number of ether oxygens (including phenoxy) is 3. The smallest absolute Gasteiger partial charge is 0.334 e. The number of aliphatic carboxylic acids is 1. The second-order valence-corrected chi connectivity index (χ2v) is 9.80. The minimum absolute atomic E-state index is 0.0445. The van der Waals surface area contributed by atoms with Gasteiger partial charge < -0.3 is 34.4 Å². The molecule has 13 heteroatoms. The van der Waals surface area contributed by atoms with Crippen molar-refractivity contribution in [3.63, 3.8) is 0 Å². The average molecular weight is 554 g/mol. The fraction of sp³-hybridized carbons (Fsp3) is 0.407. The van der Waals surface area contributed by atoms with Gasteiger partial charge in [-0.15, -0.1) is 0 Å². The maximum atomic E-state index is 13.6. The third kappa shape index (κ3) is 5.45. The van der Waals surface area contributed by atoms with Gasteiger partial charge in [-0.3, -0.25) is 14.4 Å². The van der Waals surface area contributed by atoms with Crippen molar-refractivity contribution < 1.29 is 38.5 Å². The third-order valence-electron chi connectivity index (χ3n) is 7.19. The molecule has 13 nitrogen and oxygen atoms in total. The van der Waals surface area contributed by atoms with Gasteiger partial charge in [0.25, 0.3) is 0 Å². The summed E-state index contributed by atoms with van der Waals surface area (Å²) in [6, 6.07) is 11.1. The molecule has 2 atom stereocenters. The molecule has 0 saturated carbocycles. The van der Waals surface area contributed by atoms with Crippen LogP contribution >= 0.6 is 0 Å². The molecule has 2 aromatic rings. The maximum absolute atomic E-state index is 13.6. The second kappa shape index (κ2) is 11.3. The Hall–Kier alpha value is -4.52. The number of hydrogen-bond donors (Lipinski definition) is 2. The van der Waals surface area contributed by atoms with Gasteiger partial charge in [-0.2, -0.15) is 0 Å². The van der Waals surface area contributed by atoms with Crippen molar-refractivity contribution in [2.24, 2.45) is 0 Å². The summed E-state index contributed by atoms with van der Waals surface area (Å²) >= 11 is 0. The molecule has 2 N–H and O–H groups in total. The van der Waals surface area contributed by atoms with Gasteiger partial charge in [-0.25, -0.2) is 14.8 Å². The number of likely N-dealkylation sites (N-methyl/N-ethyl adjacent to an activating group) is 1. The summed E-state index contributed by atoms with van der Waals surface area (Å²) in [5, 5.41) is 15.2. The Labute approximate surface area is 230 Å². The number of carbonyl (C=O) groups is 4. The van der Waals surface area contributed by atoms with E-state index in [-0.39, 0.29) is 57.6 Å². The number of hydrazine groups is 1. The summed E-state index contributed by atoms with van der Waals surface area (Å²) in [5.41, 5.74) is 1.62. The van der Waals surface area contributed by atoms with Crippen LogP contribution in [0.5, 0.6) is 17.2 Å². The Balaban J connectivity index is 1.39. The minimum Gasteiger partial charge on any atom is -0.497 e. The third-order valence-corrected chi connectivity index (χ3v) is 7.19. The largest absolute Gasteiger partial charge is 0.497 e. The Kier molecular flexibility index (Phi) is 7.65. The quantitative estimate of drug-likeness (QED) is 0.494. The van der Waals surface area contributed by atoms with Crippen LogP contribution in [0.2, 0.25) is 0 Å². The molecule has 2 aromatic carbocycles. The van der Waals surface area contributed by atoms with Crippen LogP contribution in [0.15, 0.2) is 42.5 Å². The Morgan fingerprint density at radius 3 is 2.52 bits per heavy atom. The first-order valence-corrected chi connectivity index (χ1v) is 12.9. The highest BCUT2D eigenvalue weighted by atomic mass is 16.7. The van der Waals surface area contributed by atoms with Gasteiger partial charge in [-0.05, 0) is 41.8 Å². The van der Waals surface area contributed by atoms with Gasteiger partial charge in [0.2, 0.25) is 18.6 Å². The van der Waals surface area contributed by atoms with Gasteiger partial charge in [0.15, 0.2) is 11.5 Å². The summed E-state index contributed by atoms with van der Waals surface area (Å²) in [5.74, 6) is 0.0798. The molecule has 5 rings (SSSR count). The number of urea groups is 1. The molecular weight excluding hydrogens is 522 g/mol. The fourth-order valence-corrected chi connectivity index (χ4v) is 5.25. The predicted octanol–water partition coefficient (Wildman–Crippen LogP) is 1.23. The molecule has 40 heavy (non-hydrogen) atoms. The number of piperazine rings is 1. The van der Waals surface area contributed by atoms with Gasteiger partial charge in [0, 0.05) is 26.6 Å². The lowest BCUT2D eigenvalue weighted by Crippen LogP contribution is -2.75. The van der Waals surface area contributed by atoms with Gasteiger partial charge in [0.1, 0.15) is 18.0 Å². The van der Waals surface area contributed by atoms with E-state index < -0.39 is 24.2 Å². The van der Waals surface area contributed by atoms with Crippen LogP contribution in [0, 0.1) is 0 Å². The van der Waals surface area contributed by atoms with E-state index >= 15 is 0 Å². The molecular formula is C27H31N5O8. The minimum atomic E-state index is -1.08. The normalized spacial score (nSPS) is 20.4. The molecule has 3 aliphatic rings. The Morgan fingerprint density at radius 1 is 1.07 bits per heavy atom. The first-order valence-electron chi connectivity index (χ1n) is 12.9. The number of hydrogen-bond acceptors (Lipinski definition) is 8. The van der Waals surface area contributed by atoms with E-state index in [4.69, 9.17) is 14.2 Å². The van der Waals surface area contributed by atoms with Gasteiger partial charge in [-0.1, -0.05) is 18.2 Å². The molecule has 212 valence electrons. The molecule has 2 fully saturated rings. The lowest BCUT2D eigenvalue weighted by Gasteiger charge is -2.54. The molecule has 0 bridgehead atoms. The van der Waals surface area contributed by atoms with Crippen molar-refractivity contribution in [3.05, 3.63) is 53.6 Å². The molecule has 0 unspecified atom stereocenters. The molecule has 4 amide bonds. The molecule has 3 aliphatic heterocycles. The van der Waals surface area contributed by atoms with Gasteiger partial charge in [0.05, 0.1) is 20.2 Å². The van der Waals surface area contributed by atoms with Gasteiger partial charge >= 0.3 is 12.0 Å². The Bertz CT molecular complexity index is 1300. The number of carboxylic acids is 1. The second-order valence-electron chi connectivity index (χ2n) is 9.80. The average Bonchev–Trinajstić information content (AvgIpc) is 3.40. The molecule has 0 spiro atoms. The summed E-state index contributed by atoms with van der Waals surface area (Å²) in [6.45, 7) is 0.442. The lowest BCUT2D eigenvalue weighted by atomic mass is 10.0. The van der Waals surface area contributed by atoms with Crippen LogP contribution in [0.4, 0.5) is 4.79 Å². The van der Waals surface area contributed by atoms with Crippen molar-refractivity contribution in [2.75, 3.05) is 34.0 Å². The zero-order valence-corrected chi connectivity index (χ0v) is 22.2. The number of carbonyl (C=O) groups excluding carboxylic acids is 3. The SMILES string of the molecule is COc1ccc(CNC(=O)N2[C@H]3CN(Cc4ccc5c(c4)OCO5)C(=O)[C@H](CCC(=O)O)N3C(=O)CN2C)cc1. The van der Waals surface area contributed by atoms with E-state index in [1.165, 1.54) is 14.9 Å². The van der Waals surface area contributed by atoms with Crippen molar-refractivity contribution in [3.8, 4) is 17.2 Å². The van der Waals surface area contributed by atoms with Crippen molar-refractivity contribution in [2.45, 2.75) is 38.1 Å². The van der Waals surface area contributed by atoms with Crippen LogP contribution in [-0.4, -0.2) is 95.0 Å². The van der Waals surface area contributed by atoms with E-state index in [1.54, 1.807) is 43.3 Å². The van der Waals surface area contributed by atoms with Crippen LogP contribution in [0.1, 0.15) is 24.0 Å². The molecule has 0 aliphatic carbocycles. The van der Waals surface area contributed by atoms with E-state index in [9.17, 15) is 24.3 Å². The highest BCUT2D eigenvalue weighted by Gasteiger charge is 2.50. The number of fused-ring (bicyclic) bond motifs is 2. The molecule has 0 aromatic heterocycles. The number of methoxy groups -OCH3 is 1. The predicted molar refractivity (Wildman–Crippen MR) is 139 cm³/mol. The molecule has 2 saturated heterocycles. The zero-order valence-electron chi connectivity index (χ0n) is 22.2. The highest BCUT2D eigenvalue weighted by molar-refractivity contribution is 5.91. The molecule has 3 heterocycles. The summed E-state index contributed by atoms with van der Waals surface area (Å²) < 4.78 is 16.0. The van der Waals surface area contributed by atoms with Crippen LogP contribution in [0.3, 0.4) is 0 Å². The number of nitrogens with one attached hydrogen (secondary N) is 1.